The highest BCUT2D eigenvalue weighted by atomic mass is 16.4. The van der Waals surface area contributed by atoms with Crippen molar-refractivity contribution in [3.05, 3.63) is 12.4 Å². The van der Waals surface area contributed by atoms with Crippen molar-refractivity contribution in [2.75, 3.05) is 23.3 Å². The maximum absolute atomic E-state index is 11.0. The molecule has 23 heavy (non-hydrogen) atoms. The quantitative estimate of drug-likeness (QED) is 0.831. The monoisotopic (exact) mass is 318 g/mol. The third kappa shape index (κ3) is 4.33. The summed E-state index contributed by atoms with van der Waals surface area (Å²) in [5.74, 6) is 0.905. The summed E-state index contributed by atoms with van der Waals surface area (Å²) in [6.07, 6.45) is 10.7. The van der Waals surface area contributed by atoms with Gasteiger partial charge in [0, 0.05) is 25.2 Å². The standard InChI is InChI=1S/C17H26N4O2/c22-17(23)13-7-9-21(10-8-13)16-11-15(18-12-19-16)20-14-5-3-1-2-4-6-14/h11-14H,1-10H2,(H,22,23)(H,18,19,20). The molecule has 2 N–H and O–H groups in total. The van der Waals surface area contributed by atoms with Crippen LogP contribution in [0.25, 0.3) is 0 Å². The van der Waals surface area contributed by atoms with Crippen LogP contribution >= 0.6 is 0 Å². The highest BCUT2D eigenvalue weighted by Gasteiger charge is 2.25. The van der Waals surface area contributed by atoms with E-state index < -0.39 is 5.97 Å². The molecule has 0 radical (unpaired) electrons. The lowest BCUT2D eigenvalue weighted by Gasteiger charge is -2.31. The maximum atomic E-state index is 11.0. The Hall–Kier alpha value is -1.85. The van der Waals surface area contributed by atoms with Crippen molar-refractivity contribution in [1.29, 1.82) is 0 Å². The van der Waals surface area contributed by atoms with Crippen molar-refractivity contribution in [3.8, 4) is 0 Å². The Morgan fingerprint density at radius 1 is 1.09 bits per heavy atom. The third-order valence-corrected chi connectivity index (χ3v) is 5.03. The number of anilines is 2. The van der Waals surface area contributed by atoms with Crippen molar-refractivity contribution in [1.82, 2.24) is 9.97 Å². The number of rotatable bonds is 4. The van der Waals surface area contributed by atoms with E-state index >= 15 is 0 Å². The summed E-state index contributed by atoms with van der Waals surface area (Å²) in [4.78, 5) is 21.9. The second-order valence-electron chi connectivity index (χ2n) is 6.69. The number of aromatic nitrogens is 2. The zero-order valence-corrected chi connectivity index (χ0v) is 13.6. The van der Waals surface area contributed by atoms with Crippen molar-refractivity contribution in [2.24, 2.45) is 5.92 Å². The minimum Gasteiger partial charge on any atom is -0.481 e. The van der Waals surface area contributed by atoms with Crippen LogP contribution in [0.4, 0.5) is 11.6 Å². The normalized spacial score (nSPS) is 21.0. The molecular weight excluding hydrogens is 292 g/mol. The van der Waals surface area contributed by atoms with E-state index in [0.29, 0.717) is 18.9 Å². The Morgan fingerprint density at radius 3 is 2.43 bits per heavy atom. The van der Waals surface area contributed by atoms with Gasteiger partial charge in [-0.1, -0.05) is 25.7 Å². The van der Waals surface area contributed by atoms with Gasteiger partial charge in [-0.2, -0.15) is 0 Å². The molecule has 0 atom stereocenters. The molecule has 1 aromatic rings. The fraction of sp³-hybridized carbons (Fsp3) is 0.706. The van der Waals surface area contributed by atoms with Gasteiger partial charge in [-0.05, 0) is 25.7 Å². The van der Waals surface area contributed by atoms with Gasteiger partial charge in [-0.3, -0.25) is 4.79 Å². The number of aliphatic carboxylic acids is 1. The third-order valence-electron chi connectivity index (χ3n) is 5.03. The summed E-state index contributed by atoms with van der Waals surface area (Å²) >= 11 is 0. The fourth-order valence-corrected chi connectivity index (χ4v) is 3.59. The molecule has 2 heterocycles. The second-order valence-corrected chi connectivity index (χ2v) is 6.69. The average molecular weight is 318 g/mol. The van der Waals surface area contributed by atoms with Crippen LogP contribution in [-0.4, -0.2) is 40.2 Å². The molecule has 1 saturated carbocycles. The zero-order chi connectivity index (χ0) is 16.1. The van der Waals surface area contributed by atoms with E-state index in [-0.39, 0.29) is 5.92 Å². The number of hydrogen-bond acceptors (Lipinski definition) is 5. The van der Waals surface area contributed by atoms with E-state index in [1.807, 2.05) is 6.07 Å². The summed E-state index contributed by atoms with van der Waals surface area (Å²) in [5.41, 5.74) is 0. The molecule has 2 aliphatic rings. The van der Waals surface area contributed by atoms with Crippen LogP contribution < -0.4 is 10.2 Å². The molecule has 6 nitrogen and oxygen atoms in total. The molecule has 1 aliphatic carbocycles. The van der Waals surface area contributed by atoms with Gasteiger partial charge in [0.15, 0.2) is 0 Å². The van der Waals surface area contributed by atoms with Crippen LogP contribution in [0.2, 0.25) is 0 Å². The first-order valence-corrected chi connectivity index (χ1v) is 8.79. The SMILES string of the molecule is O=C(O)C1CCN(c2cc(NC3CCCCCC3)ncn2)CC1. The summed E-state index contributed by atoms with van der Waals surface area (Å²) in [7, 11) is 0. The van der Waals surface area contributed by atoms with E-state index in [9.17, 15) is 4.79 Å². The molecule has 1 aromatic heterocycles. The summed E-state index contributed by atoms with van der Waals surface area (Å²) in [5, 5.41) is 12.6. The fourth-order valence-electron chi connectivity index (χ4n) is 3.59. The molecule has 2 fully saturated rings. The van der Waals surface area contributed by atoms with Gasteiger partial charge in [-0.25, -0.2) is 9.97 Å². The molecule has 126 valence electrons. The smallest absolute Gasteiger partial charge is 0.306 e. The van der Waals surface area contributed by atoms with Crippen molar-refractivity contribution in [2.45, 2.75) is 57.4 Å². The zero-order valence-electron chi connectivity index (χ0n) is 13.6. The van der Waals surface area contributed by atoms with E-state index in [1.165, 1.54) is 38.5 Å². The molecule has 3 rings (SSSR count). The topological polar surface area (TPSA) is 78.4 Å². The molecule has 6 heteroatoms. The van der Waals surface area contributed by atoms with E-state index in [4.69, 9.17) is 5.11 Å². The van der Waals surface area contributed by atoms with E-state index in [2.05, 4.69) is 20.2 Å². The van der Waals surface area contributed by atoms with Gasteiger partial charge in [0.1, 0.15) is 18.0 Å². The van der Waals surface area contributed by atoms with E-state index in [1.54, 1.807) is 6.33 Å². The van der Waals surface area contributed by atoms with Gasteiger partial charge in [-0.15, -0.1) is 0 Å². The molecule has 0 amide bonds. The largest absolute Gasteiger partial charge is 0.481 e. The Kier molecular flexibility index (Phi) is 5.31. The van der Waals surface area contributed by atoms with Crippen molar-refractivity contribution >= 4 is 17.6 Å². The first kappa shape index (κ1) is 16.0. The van der Waals surface area contributed by atoms with Crippen molar-refractivity contribution < 1.29 is 9.90 Å². The lowest BCUT2D eigenvalue weighted by atomic mass is 9.97. The second kappa shape index (κ2) is 7.62. The number of piperidine rings is 1. The van der Waals surface area contributed by atoms with Gasteiger partial charge in [0.2, 0.25) is 0 Å². The van der Waals surface area contributed by atoms with Gasteiger partial charge >= 0.3 is 5.97 Å². The predicted octanol–water partition coefficient (Wildman–Crippen LogP) is 2.91. The number of nitrogens with zero attached hydrogens (tertiary/aromatic N) is 3. The molecular formula is C17H26N4O2. The first-order valence-electron chi connectivity index (χ1n) is 8.79. The lowest BCUT2D eigenvalue weighted by Crippen LogP contribution is -2.36. The summed E-state index contributed by atoms with van der Waals surface area (Å²) in [6, 6.07) is 2.52. The van der Waals surface area contributed by atoms with Crippen LogP contribution in [0, 0.1) is 5.92 Å². The highest BCUT2D eigenvalue weighted by molar-refractivity contribution is 5.70. The lowest BCUT2D eigenvalue weighted by molar-refractivity contribution is -0.142. The number of carboxylic acid groups (broad SMARTS) is 1. The summed E-state index contributed by atoms with van der Waals surface area (Å²) < 4.78 is 0. The highest BCUT2D eigenvalue weighted by Crippen LogP contribution is 2.25. The molecule has 0 spiro atoms. The van der Waals surface area contributed by atoms with Crippen LogP contribution in [0.3, 0.4) is 0 Å². The van der Waals surface area contributed by atoms with Crippen LogP contribution in [0.5, 0.6) is 0 Å². The molecule has 0 bridgehead atoms. The molecule has 1 aliphatic heterocycles. The molecule has 1 saturated heterocycles. The Morgan fingerprint density at radius 2 is 1.78 bits per heavy atom. The predicted molar refractivity (Wildman–Crippen MR) is 89.7 cm³/mol. The Bertz CT molecular complexity index is 521. The van der Waals surface area contributed by atoms with Gasteiger partial charge in [0.25, 0.3) is 0 Å². The van der Waals surface area contributed by atoms with Gasteiger partial charge < -0.3 is 15.3 Å². The average Bonchev–Trinajstić information content (AvgIpc) is 2.84. The maximum Gasteiger partial charge on any atom is 0.306 e. The molecule has 0 unspecified atom stereocenters. The number of carboxylic acids is 1. The minimum absolute atomic E-state index is 0.211. The minimum atomic E-state index is -0.678. The number of hydrogen-bond donors (Lipinski definition) is 2. The summed E-state index contributed by atoms with van der Waals surface area (Å²) in [6.45, 7) is 1.49. The Balaban J connectivity index is 1.60. The molecule has 0 aromatic carbocycles. The number of carbonyl (C=O) groups is 1. The number of nitrogens with one attached hydrogen (secondary N) is 1. The van der Waals surface area contributed by atoms with Crippen LogP contribution in [-0.2, 0) is 4.79 Å². The van der Waals surface area contributed by atoms with Crippen LogP contribution in [0.15, 0.2) is 12.4 Å². The first-order chi connectivity index (χ1) is 11.2. The Labute approximate surface area is 137 Å². The van der Waals surface area contributed by atoms with Crippen molar-refractivity contribution in [3.63, 3.8) is 0 Å². The van der Waals surface area contributed by atoms with Crippen LogP contribution in [0.1, 0.15) is 51.4 Å². The van der Waals surface area contributed by atoms with Gasteiger partial charge in [0.05, 0.1) is 5.92 Å². The van der Waals surface area contributed by atoms with E-state index in [0.717, 1.165) is 24.7 Å².